The van der Waals surface area contributed by atoms with Crippen molar-refractivity contribution < 1.29 is 4.79 Å². The van der Waals surface area contributed by atoms with E-state index in [-0.39, 0.29) is 17.7 Å². The summed E-state index contributed by atoms with van der Waals surface area (Å²) in [5.41, 5.74) is 14.2. The van der Waals surface area contributed by atoms with Gasteiger partial charge in [0.25, 0.3) is 0 Å². The van der Waals surface area contributed by atoms with Gasteiger partial charge >= 0.3 is 0 Å². The number of amidine groups is 1. The van der Waals surface area contributed by atoms with Crippen LogP contribution in [0, 0.1) is 5.41 Å². The summed E-state index contributed by atoms with van der Waals surface area (Å²) in [5.74, 6) is 0.460. The number of primary amides is 1. The summed E-state index contributed by atoms with van der Waals surface area (Å²) in [5, 5.41) is 7.61. The predicted octanol–water partition coefficient (Wildman–Crippen LogP) is 2.27. The molecule has 0 spiro atoms. The van der Waals surface area contributed by atoms with Crippen molar-refractivity contribution in [3.63, 3.8) is 0 Å². The number of nitrogen functional groups attached to an aromatic ring is 1. The molecule has 0 aliphatic heterocycles. The maximum Gasteiger partial charge on any atom is 0.228 e. The molecule has 0 bridgehead atoms. The van der Waals surface area contributed by atoms with E-state index < -0.39 is 5.41 Å². The number of aromatic amines is 1. The van der Waals surface area contributed by atoms with Crippen LogP contribution in [0.4, 0.5) is 0 Å². The van der Waals surface area contributed by atoms with E-state index in [2.05, 4.69) is 9.97 Å². The summed E-state index contributed by atoms with van der Waals surface area (Å²) in [6.45, 7) is 0. The third-order valence-electron chi connectivity index (χ3n) is 5.17. The molecule has 2 unspecified atom stereocenters. The molecule has 1 amide bonds. The zero-order valence-corrected chi connectivity index (χ0v) is 14.1. The van der Waals surface area contributed by atoms with Crippen LogP contribution in [0.15, 0.2) is 60.9 Å². The van der Waals surface area contributed by atoms with Crippen LogP contribution in [-0.2, 0) is 10.2 Å². The number of rotatable bonds is 5. The number of nitrogens with two attached hydrogens (primary N) is 2. The number of amides is 1. The molecule has 2 atom stereocenters. The van der Waals surface area contributed by atoms with Gasteiger partial charge in [-0.25, -0.2) is 4.98 Å². The Hall–Kier alpha value is -3.41. The minimum Gasteiger partial charge on any atom is -0.384 e. The SMILES string of the molecule is N=C(N)c1cccc(C2CC2(C(N)=O)c2ccc(-c3ncc[nH]3)cc2)c1. The first-order valence-corrected chi connectivity index (χ1v) is 8.37. The largest absolute Gasteiger partial charge is 0.384 e. The van der Waals surface area contributed by atoms with Gasteiger partial charge in [-0.15, -0.1) is 0 Å². The van der Waals surface area contributed by atoms with Crippen LogP contribution < -0.4 is 11.5 Å². The number of benzene rings is 2. The molecule has 3 aromatic rings. The molecule has 26 heavy (non-hydrogen) atoms. The summed E-state index contributed by atoms with van der Waals surface area (Å²) in [6, 6.07) is 15.2. The maximum atomic E-state index is 12.3. The number of aromatic nitrogens is 2. The number of carbonyl (C=O) groups is 1. The second-order valence-electron chi connectivity index (χ2n) is 6.65. The van der Waals surface area contributed by atoms with Gasteiger partial charge in [0.1, 0.15) is 11.7 Å². The first-order chi connectivity index (χ1) is 12.5. The van der Waals surface area contributed by atoms with Crippen molar-refractivity contribution in [2.24, 2.45) is 11.5 Å². The monoisotopic (exact) mass is 345 g/mol. The predicted molar refractivity (Wildman–Crippen MR) is 99.7 cm³/mol. The van der Waals surface area contributed by atoms with Crippen LogP contribution in [0.2, 0.25) is 0 Å². The van der Waals surface area contributed by atoms with E-state index in [1.165, 1.54) is 0 Å². The summed E-state index contributed by atoms with van der Waals surface area (Å²) < 4.78 is 0. The summed E-state index contributed by atoms with van der Waals surface area (Å²) in [6.07, 6.45) is 4.13. The number of nitrogens with zero attached hydrogens (tertiary/aromatic N) is 1. The van der Waals surface area contributed by atoms with Crippen molar-refractivity contribution in [2.45, 2.75) is 17.8 Å². The van der Waals surface area contributed by atoms with Crippen molar-refractivity contribution in [3.05, 3.63) is 77.6 Å². The molecule has 1 heterocycles. The topological polar surface area (TPSA) is 122 Å². The third-order valence-corrected chi connectivity index (χ3v) is 5.17. The Bertz CT molecular complexity index is 978. The molecule has 1 saturated carbocycles. The Morgan fingerprint density at radius 2 is 1.96 bits per heavy atom. The number of hydrogen-bond acceptors (Lipinski definition) is 3. The molecule has 4 rings (SSSR count). The van der Waals surface area contributed by atoms with Gasteiger partial charge in [-0.05, 0) is 23.6 Å². The minimum atomic E-state index is -0.711. The van der Waals surface area contributed by atoms with E-state index in [1.54, 1.807) is 18.5 Å². The number of nitrogens with one attached hydrogen (secondary N) is 2. The second kappa shape index (κ2) is 5.84. The zero-order chi connectivity index (χ0) is 18.3. The zero-order valence-electron chi connectivity index (χ0n) is 14.1. The molecule has 2 aromatic carbocycles. The maximum absolute atomic E-state index is 12.3. The van der Waals surface area contributed by atoms with Crippen LogP contribution >= 0.6 is 0 Å². The molecule has 1 aliphatic carbocycles. The van der Waals surface area contributed by atoms with Crippen LogP contribution in [0.5, 0.6) is 0 Å². The number of hydrogen-bond donors (Lipinski definition) is 4. The van der Waals surface area contributed by atoms with E-state index in [9.17, 15) is 4.79 Å². The Morgan fingerprint density at radius 1 is 1.19 bits per heavy atom. The van der Waals surface area contributed by atoms with E-state index in [0.717, 1.165) is 22.5 Å². The summed E-state index contributed by atoms with van der Waals surface area (Å²) >= 11 is 0. The van der Waals surface area contributed by atoms with E-state index in [4.69, 9.17) is 16.9 Å². The Labute approximate surface area is 150 Å². The molecule has 0 radical (unpaired) electrons. The standard InChI is InChI=1S/C20H19N5O/c21-17(22)14-3-1-2-13(10-14)16-11-20(16,19(23)26)15-6-4-12(5-7-15)18-24-8-9-25-18/h1-10,16H,11H2,(H3,21,22)(H2,23,26)(H,24,25). The quantitative estimate of drug-likeness (QED) is 0.419. The number of imidazole rings is 1. The van der Waals surface area contributed by atoms with Crippen molar-refractivity contribution >= 4 is 11.7 Å². The second-order valence-corrected chi connectivity index (χ2v) is 6.65. The number of H-pyrrole nitrogens is 1. The average Bonchev–Trinajstić information content (AvgIpc) is 3.19. The van der Waals surface area contributed by atoms with E-state index in [0.29, 0.717) is 12.0 Å². The highest BCUT2D eigenvalue weighted by molar-refractivity contribution is 5.96. The van der Waals surface area contributed by atoms with Gasteiger partial charge in [0, 0.05) is 29.4 Å². The smallest absolute Gasteiger partial charge is 0.228 e. The summed E-state index contributed by atoms with van der Waals surface area (Å²) in [7, 11) is 0. The fourth-order valence-corrected chi connectivity index (χ4v) is 3.67. The molecule has 6 heteroatoms. The lowest BCUT2D eigenvalue weighted by Crippen LogP contribution is -2.30. The molecule has 130 valence electrons. The molecule has 1 fully saturated rings. The lowest BCUT2D eigenvalue weighted by Gasteiger charge is -2.15. The van der Waals surface area contributed by atoms with Gasteiger partial charge in [-0.1, -0.05) is 42.5 Å². The average molecular weight is 345 g/mol. The fourth-order valence-electron chi connectivity index (χ4n) is 3.67. The molecule has 6 nitrogen and oxygen atoms in total. The highest BCUT2D eigenvalue weighted by Gasteiger charge is 2.60. The molecule has 0 saturated heterocycles. The Balaban J connectivity index is 1.68. The van der Waals surface area contributed by atoms with E-state index in [1.807, 2.05) is 42.5 Å². The Kier molecular flexibility index (Phi) is 3.61. The highest BCUT2D eigenvalue weighted by Crippen LogP contribution is 2.60. The lowest BCUT2D eigenvalue weighted by molar-refractivity contribution is -0.120. The van der Waals surface area contributed by atoms with Gasteiger partial charge in [-0.2, -0.15) is 0 Å². The molecule has 1 aromatic heterocycles. The molecule has 6 N–H and O–H groups in total. The van der Waals surface area contributed by atoms with Crippen LogP contribution in [0.25, 0.3) is 11.4 Å². The first-order valence-electron chi connectivity index (χ1n) is 8.37. The van der Waals surface area contributed by atoms with Gasteiger partial charge < -0.3 is 16.5 Å². The lowest BCUT2D eigenvalue weighted by atomic mass is 9.89. The van der Waals surface area contributed by atoms with Crippen LogP contribution in [-0.4, -0.2) is 21.7 Å². The van der Waals surface area contributed by atoms with Gasteiger partial charge in [0.05, 0.1) is 5.41 Å². The molecule has 1 aliphatic rings. The first kappa shape index (κ1) is 16.1. The van der Waals surface area contributed by atoms with E-state index >= 15 is 0 Å². The Morgan fingerprint density at radius 3 is 2.58 bits per heavy atom. The van der Waals surface area contributed by atoms with Crippen LogP contribution in [0.1, 0.15) is 29.0 Å². The van der Waals surface area contributed by atoms with Gasteiger partial charge in [0.15, 0.2) is 0 Å². The van der Waals surface area contributed by atoms with Crippen molar-refractivity contribution in [2.75, 3.05) is 0 Å². The minimum absolute atomic E-state index is 0.00578. The highest BCUT2D eigenvalue weighted by atomic mass is 16.1. The summed E-state index contributed by atoms with van der Waals surface area (Å²) in [4.78, 5) is 19.6. The van der Waals surface area contributed by atoms with Gasteiger partial charge in [0.2, 0.25) is 5.91 Å². The fraction of sp³-hybridized carbons (Fsp3) is 0.150. The van der Waals surface area contributed by atoms with Crippen molar-refractivity contribution in [1.82, 2.24) is 9.97 Å². The van der Waals surface area contributed by atoms with Crippen molar-refractivity contribution in [1.29, 1.82) is 5.41 Å². The molecular formula is C20H19N5O. The van der Waals surface area contributed by atoms with Gasteiger partial charge in [-0.3, -0.25) is 10.2 Å². The molecular weight excluding hydrogens is 326 g/mol. The van der Waals surface area contributed by atoms with Crippen molar-refractivity contribution in [3.8, 4) is 11.4 Å². The number of carbonyl (C=O) groups excluding carboxylic acids is 1. The normalized spacial score (nSPS) is 21.3. The third kappa shape index (κ3) is 2.47. The van der Waals surface area contributed by atoms with Crippen LogP contribution in [0.3, 0.4) is 0 Å².